The second-order valence-electron chi connectivity index (χ2n) is 9.91. The van der Waals surface area contributed by atoms with Crippen molar-refractivity contribution in [2.24, 2.45) is 0 Å². The molecule has 0 bridgehead atoms. The lowest BCUT2D eigenvalue weighted by Crippen LogP contribution is -2.38. The van der Waals surface area contributed by atoms with E-state index in [2.05, 4.69) is 25.3 Å². The molecule has 0 saturated carbocycles. The molecule has 1 unspecified atom stereocenters. The summed E-state index contributed by atoms with van der Waals surface area (Å²) in [7, 11) is -2.31. The Bertz CT molecular complexity index is 1640. The fraction of sp³-hybridized carbons (Fsp3) is 0.345. The Kier molecular flexibility index (Phi) is 10.5. The molecule has 10 nitrogen and oxygen atoms in total. The molecule has 1 fully saturated rings. The molecule has 2 aromatic heterocycles. The van der Waals surface area contributed by atoms with Gasteiger partial charge in [0.15, 0.2) is 0 Å². The van der Waals surface area contributed by atoms with Crippen LogP contribution in [0, 0.1) is 12.7 Å². The molecular formula is C29H34ClFN6O4S. The number of sulfonamides is 1. The van der Waals surface area contributed by atoms with Crippen LogP contribution in [0.3, 0.4) is 0 Å². The minimum Gasteiger partial charge on any atom is -0.437 e. The molecule has 224 valence electrons. The number of benzene rings is 2. The van der Waals surface area contributed by atoms with Crippen molar-refractivity contribution < 1.29 is 22.3 Å². The number of hydrogen-bond donors (Lipinski definition) is 3. The van der Waals surface area contributed by atoms with Gasteiger partial charge in [-0.1, -0.05) is 12.1 Å². The molecule has 1 atom stereocenters. The predicted molar refractivity (Wildman–Crippen MR) is 165 cm³/mol. The molecule has 0 radical (unpaired) electrons. The van der Waals surface area contributed by atoms with E-state index in [1.807, 2.05) is 13.0 Å². The van der Waals surface area contributed by atoms with Gasteiger partial charge in [-0.05, 0) is 68.6 Å². The SMILES string of the molecule is COCCCS(=O)(=O)Nc1c(F)ccc2c(Oc3ncccc3-c3ccnc(NC4CCCNC4)n3)c(C)ccc12.Cl. The number of hydrogen-bond acceptors (Lipinski definition) is 9. The molecule has 1 aliphatic rings. The van der Waals surface area contributed by atoms with E-state index >= 15 is 0 Å². The van der Waals surface area contributed by atoms with Gasteiger partial charge in [0, 0.05) is 49.5 Å². The van der Waals surface area contributed by atoms with Gasteiger partial charge in [0.05, 0.1) is 22.7 Å². The Labute approximate surface area is 250 Å². The number of fused-ring (bicyclic) bond motifs is 1. The number of pyridine rings is 1. The van der Waals surface area contributed by atoms with Crippen LogP contribution in [-0.4, -0.2) is 62.0 Å². The van der Waals surface area contributed by atoms with E-state index in [4.69, 9.17) is 14.5 Å². The van der Waals surface area contributed by atoms with E-state index in [1.165, 1.54) is 13.2 Å². The monoisotopic (exact) mass is 616 g/mol. The molecule has 42 heavy (non-hydrogen) atoms. The van der Waals surface area contributed by atoms with Crippen LogP contribution in [0.2, 0.25) is 0 Å². The lowest BCUT2D eigenvalue weighted by molar-refractivity contribution is 0.199. The van der Waals surface area contributed by atoms with Gasteiger partial charge in [0.25, 0.3) is 0 Å². The molecule has 0 aliphatic carbocycles. The Hall–Kier alpha value is -3.58. The number of ether oxygens (including phenoxy) is 2. The summed E-state index contributed by atoms with van der Waals surface area (Å²) in [6.45, 7) is 4.00. The summed E-state index contributed by atoms with van der Waals surface area (Å²) in [5.74, 6) is 0.373. The van der Waals surface area contributed by atoms with Crippen molar-refractivity contribution in [3.05, 3.63) is 66.2 Å². The molecule has 3 N–H and O–H groups in total. The molecule has 0 amide bonds. The Balaban J connectivity index is 0.00000405. The van der Waals surface area contributed by atoms with Gasteiger partial charge >= 0.3 is 0 Å². The highest BCUT2D eigenvalue weighted by Gasteiger charge is 2.20. The number of nitrogens with zero attached hydrogens (tertiary/aromatic N) is 3. The van der Waals surface area contributed by atoms with Crippen molar-refractivity contribution in [1.29, 1.82) is 0 Å². The first-order valence-electron chi connectivity index (χ1n) is 13.5. The molecule has 13 heteroatoms. The van der Waals surface area contributed by atoms with E-state index in [9.17, 15) is 12.8 Å². The zero-order valence-corrected chi connectivity index (χ0v) is 25.0. The lowest BCUT2D eigenvalue weighted by Gasteiger charge is -2.23. The van der Waals surface area contributed by atoms with Crippen molar-refractivity contribution in [1.82, 2.24) is 20.3 Å². The average molecular weight is 617 g/mol. The third-order valence-corrected chi connectivity index (χ3v) is 8.19. The van der Waals surface area contributed by atoms with E-state index in [1.54, 1.807) is 42.7 Å². The predicted octanol–water partition coefficient (Wildman–Crippen LogP) is 5.30. The molecular weight excluding hydrogens is 583 g/mol. The topological polar surface area (TPSA) is 127 Å². The Morgan fingerprint density at radius 1 is 1.10 bits per heavy atom. The first-order valence-corrected chi connectivity index (χ1v) is 15.1. The Morgan fingerprint density at radius 2 is 1.93 bits per heavy atom. The molecule has 3 heterocycles. The quantitative estimate of drug-likeness (QED) is 0.192. The minimum atomic E-state index is -3.81. The van der Waals surface area contributed by atoms with Crippen LogP contribution >= 0.6 is 12.4 Å². The van der Waals surface area contributed by atoms with E-state index in [-0.39, 0.29) is 42.9 Å². The number of piperidine rings is 1. The molecule has 1 saturated heterocycles. The van der Waals surface area contributed by atoms with Crippen molar-refractivity contribution in [2.75, 3.05) is 42.6 Å². The second kappa shape index (κ2) is 14.1. The maximum absolute atomic E-state index is 15.0. The lowest BCUT2D eigenvalue weighted by atomic mass is 10.0. The molecule has 0 spiro atoms. The van der Waals surface area contributed by atoms with Gasteiger partial charge < -0.3 is 20.1 Å². The number of halogens is 2. The summed E-state index contributed by atoms with van der Waals surface area (Å²) >= 11 is 0. The van der Waals surface area contributed by atoms with Crippen LogP contribution in [0.4, 0.5) is 16.0 Å². The van der Waals surface area contributed by atoms with Crippen LogP contribution in [0.15, 0.2) is 54.9 Å². The summed E-state index contributed by atoms with van der Waals surface area (Å²) in [5, 5.41) is 7.67. The highest BCUT2D eigenvalue weighted by Crippen LogP contribution is 2.39. The maximum atomic E-state index is 15.0. The number of rotatable bonds is 11. The highest BCUT2D eigenvalue weighted by molar-refractivity contribution is 7.92. The highest BCUT2D eigenvalue weighted by atomic mass is 35.5. The first kappa shape index (κ1) is 31.4. The van der Waals surface area contributed by atoms with Gasteiger partial charge in [0.1, 0.15) is 11.6 Å². The summed E-state index contributed by atoms with van der Waals surface area (Å²) in [5.41, 5.74) is 1.92. The molecule has 2 aromatic carbocycles. The van der Waals surface area contributed by atoms with Crippen LogP contribution in [0.5, 0.6) is 11.6 Å². The number of aromatic nitrogens is 3. The van der Waals surface area contributed by atoms with Gasteiger partial charge in [-0.3, -0.25) is 4.72 Å². The number of nitrogens with one attached hydrogen (secondary N) is 3. The number of aryl methyl sites for hydroxylation is 1. The zero-order chi connectivity index (χ0) is 28.8. The van der Waals surface area contributed by atoms with Crippen LogP contribution in [0.1, 0.15) is 24.8 Å². The Morgan fingerprint density at radius 3 is 2.71 bits per heavy atom. The number of methoxy groups -OCH3 is 1. The smallest absolute Gasteiger partial charge is 0.232 e. The van der Waals surface area contributed by atoms with Gasteiger partial charge in [-0.15, -0.1) is 12.4 Å². The van der Waals surface area contributed by atoms with E-state index < -0.39 is 15.8 Å². The first-order chi connectivity index (χ1) is 19.8. The fourth-order valence-corrected chi connectivity index (χ4v) is 5.92. The minimum absolute atomic E-state index is 0. The van der Waals surface area contributed by atoms with Crippen molar-refractivity contribution in [2.45, 2.75) is 32.2 Å². The summed E-state index contributed by atoms with van der Waals surface area (Å²) < 4.78 is 54.1. The van der Waals surface area contributed by atoms with Gasteiger partial charge in [-0.2, -0.15) is 0 Å². The van der Waals surface area contributed by atoms with Gasteiger partial charge in [-0.25, -0.2) is 27.8 Å². The standard InChI is InChI=1S/C29H33FN6O4S.ClH/c1-19-8-9-21-22(10-11-24(30)26(21)36-41(37,38)17-5-16-39-2)27(19)40-28-23(7-4-14-32-28)25-12-15-33-29(35-25)34-20-6-3-13-31-18-20;/h4,7-12,14-15,20,31,36H,3,5-6,13,16-18H2,1-2H3,(H,33,34,35);1H. The largest absolute Gasteiger partial charge is 0.437 e. The third kappa shape index (κ3) is 7.43. The maximum Gasteiger partial charge on any atom is 0.232 e. The number of anilines is 2. The molecule has 1 aliphatic heterocycles. The summed E-state index contributed by atoms with van der Waals surface area (Å²) in [6, 6.07) is 11.9. The van der Waals surface area contributed by atoms with Crippen molar-refractivity contribution in [3.63, 3.8) is 0 Å². The summed E-state index contributed by atoms with van der Waals surface area (Å²) in [4.78, 5) is 13.6. The second-order valence-corrected chi connectivity index (χ2v) is 11.7. The van der Waals surface area contributed by atoms with E-state index in [0.717, 1.165) is 31.5 Å². The van der Waals surface area contributed by atoms with Crippen molar-refractivity contribution in [3.8, 4) is 22.9 Å². The van der Waals surface area contributed by atoms with Crippen LogP contribution in [-0.2, 0) is 14.8 Å². The van der Waals surface area contributed by atoms with Crippen LogP contribution < -0.4 is 20.1 Å². The molecule has 4 aromatic rings. The van der Waals surface area contributed by atoms with E-state index in [0.29, 0.717) is 39.6 Å². The fourth-order valence-electron chi connectivity index (χ4n) is 4.80. The van der Waals surface area contributed by atoms with Gasteiger partial charge in [0.2, 0.25) is 21.9 Å². The summed E-state index contributed by atoms with van der Waals surface area (Å²) in [6.07, 6.45) is 5.71. The van der Waals surface area contributed by atoms with Crippen molar-refractivity contribution >= 4 is 44.8 Å². The molecule has 5 rings (SSSR count). The average Bonchev–Trinajstić information content (AvgIpc) is 2.97. The zero-order valence-electron chi connectivity index (χ0n) is 23.4. The normalized spacial score (nSPS) is 15.2. The van der Waals surface area contributed by atoms with Crippen LogP contribution in [0.25, 0.3) is 22.0 Å². The third-order valence-electron chi connectivity index (χ3n) is 6.85.